The van der Waals surface area contributed by atoms with E-state index in [0.717, 1.165) is 12.8 Å². The van der Waals surface area contributed by atoms with E-state index in [0.29, 0.717) is 19.1 Å². The molecule has 0 aromatic heterocycles. The SMILES string of the molecule is CCCCCCCCOP(O)OCC(CC)CCCC. The second-order valence-corrected chi connectivity index (χ2v) is 6.54. The molecule has 0 radical (unpaired) electrons. The van der Waals surface area contributed by atoms with Gasteiger partial charge in [0.05, 0.1) is 13.2 Å². The Morgan fingerprint density at radius 3 is 2.15 bits per heavy atom. The van der Waals surface area contributed by atoms with Crippen molar-refractivity contribution in [3.8, 4) is 0 Å². The van der Waals surface area contributed by atoms with E-state index in [1.165, 1.54) is 51.4 Å². The average Bonchev–Trinajstić information content (AvgIpc) is 2.46. The van der Waals surface area contributed by atoms with Crippen LogP contribution >= 0.6 is 8.60 Å². The van der Waals surface area contributed by atoms with Gasteiger partial charge >= 0.3 is 8.60 Å². The zero-order chi connectivity index (χ0) is 15.1. The summed E-state index contributed by atoms with van der Waals surface area (Å²) in [7, 11) is -1.66. The lowest BCUT2D eigenvalue weighted by atomic mass is 10.0. The molecule has 0 heterocycles. The first-order valence-electron chi connectivity index (χ1n) is 8.49. The fraction of sp³-hybridized carbons (Fsp3) is 1.00. The van der Waals surface area contributed by atoms with Crippen molar-refractivity contribution in [2.24, 2.45) is 5.92 Å². The van der Waals surface area contributed by atoms with Crippen LogP contribution in [0, 0.1) is 5.92 Å². The highest BCUT2D eigenvalue weighted by Gasteiger charge is 2.11. The zero-order valence-electron chi connectivity index (χ0n) is 13.8. The summed E-state index contributed by atoms with van der Waals surface area (Å²) in [6.45, 7) is 7.87. The Kier molecular flexibility index (Phi) is 15.9. The van der Waals surface area contributed by atoms with E-state index in [4.69, 9.17) is 9.05 Å². The third kappa shape index (κ3) is 13.3. The van der Waals surface area contributed by atoms with E-state index in [9.17, 15) is 4.89 Å². The minimum Gasteiger partial charge on any atom is -0.328 e. The topological polar surface area (TPSA) is 38.7 Å². The van der Waals surface area contributed by atoms with Gasteiger partial charge in [0.15, 0.2) is 0 Å². The molecule has 3 nitrogen and oxygen atoms in total. The molecule has 4 heteroatoms. The van der Waals surface area contributed by atoms with E-state index < -0.39 is 8.60 Å². The van der Waals surface area contributed by atoms with Crippen LogP contribution in [-0.2, 0) is 9.05 Å². The molecule has 0 bridgehead atoms. The van der Waals surface area contributed by atoms with Crippen molar-refractivity contribution >= 4 is 8.60 Å². The highest BCUT2D eigenvalue weighted by Crippen LogP contribution is 2.34. The maximum absolute atomic E-state index is 9.68. The molecule has 0 aliphatic heterocycles. The molecule has 0 aromatic carbocycles. The molecule has 0 amide bonds. The fourth-order valence-electron chi connectivity index (χ4n) is 2.13. The first-order chi connectivity index (χ1) is 9.74. The Labute approximate surface area is 127 Å². The van der Waals surface area contributed by atoms with Crippen molar-refractivity contribution in [2.45, 2.75) is 85.0 Å². The van der Waals surface area contributed by atoms with Gasteiger partial charge in [-0.15, -0.1) is 0 Å². The predicted octanol–water partition coefficient (Wildman–Crippen LogP) is 5.82. The molecular formula is C16H35O3P. The smallest absolute Gasteiger partial charge is 0.328 e. The molecular weight excluding hydrogens is 271 g/mol. The first-order valence-corrected chi connectivity index (χ1v) is 9.62. The standard InChI is InChI=1S/C16H35O3P/c1-4-7-9-10-11-12-14-18-20(17)19-15-16(6-3)13-8-5-2/h16-17H,4-15H2,1-3H3. The van der Waals surface area contributed by atoms with Gasteiger partial charge in [-0.3, -0.25) is 0 Å². The highest BCUT2D eigenvalue weighted by atomic mass is 31.2. The summed E-state index contributed by atoms with van der Waals surface area (Å²) < 4.78 is 10.8. The molecule has 0 spiro atoms. The molecule has 2 atom stereocenters. The van der Waals surface area contributed by atoms with Crippen LogP contribution in [0.1, 0.15) is 85.0 Å². The summed E-state index contributed by atoms with van der Waals surface area (Å²) >= 11 is 0. The van der Waals surface area contributed by atoms with Crippen molar-refractivity contribution < 1.29 is 13.9 Å². The molecule has 1 N–H and O–H groups in total. The lowest BCUT2D eigenvalue weighted by molar-refractivity contribution is 0.166. The maximum atomic E-state index is 9.68. The van der Waals surface area contributed by atoms with E-state index in [1.54, 1.807) is 0 Å². The summed E-state index contributed by atoms with van der Waals surface area (Å²) in [5, 5.41) is 0. The van der Waals surface area contributed by atoms with Crippen LogP contribution in [0.3, 0.4) is 0 Å². The summed E-state index contributed by atoms with van der Waals surface area (Å²) in [5.74, 6) is 0.560. The van der Waals surface area contributed by atoms with E-state index in [-0.39, 0.29) is 0 Å². The normalized spacial score (nSPS) is 14.4. The summed E-state index contributed by atoms with van der Waals surface area (Å²) in [6, 6.07) is 0. The lowest BCUT2D eigenvalue weighted by Crippen LogP contribution is -2.07. The van der Waals surface area contributed by atoms with Crippen LogP contribution in [0.5, 0.6) is 0 Å². The summed E-state index contributed by atoms with van der Waals surface area (Å²) in [5.41, 5.74) is 0. The van der Waals surface area contributed by atoms with E-state index >= 15 is 0 Å². The van der Waals surface area contributed by atoms with Gasteiger partial charge in [0, 0.05) is 0 Å². The van der Waals surface area contributed by atoms with Crippen molar-refractivity contribution in [2.75, 3.05) is 13.2 Å². The largest absolute Gasteiger partial charge is 0.329 e. The predicted molar refractivity (Wildman–Crippen MR) is 87.7 cm³/mol. The minimum absolute atomic E-state index is 0.560. The Morgan fingerprint density at radius 1 is 0.850 bits per heavy atom. The quantitative estimate of drug-likeness (QED) is 0.306. The van der Waals surface area contributed by atoms with Crippen molar-refractivity contribution in [1.29, 1.82) is 0 Å². The van der Waals surface area contributed by atoms with Crippen molar-refractivity contribution in [3.05, 3.63) is 0 Å². The van der Waals surface area contributed by atoms with E-state index in [1.807, 2.05) is 0 Å². The van der Waals surface area contributed by atoms with Gasteiger partial charge in [0.2, 0.25) is 0 Å². The Hall–Kier alpha value is 0.310. The van der Waals surface area contributed by atoms with Crippen LogP contribution < -0.4 is 0 Å². The highest BCUT2D eigenvalue weighted by molar-refractivity contribution is 7.40. The van der Waals surface area contributed by atoms with Crippen LogP contribution in [0.15, 0.2) is 0 Å². The van der Waals surface area contributed by atoms with E-state index in [2.05, 4.69) is 20.8 Å². The fourth-order valence-corrected chi connectivity index (χ4v) is 2.83. The molecule has 0 aromatic rings. The van der Waals surface area contributed by atoms with Gasteiger partial charge in [0.1, 0.15) is 0 Å². The summed E-state index contributed by atoms with van der Waals surface area (Å²) in [6.07, 6.45) is 12.2. The number of hydrogen-bond acceptors (Lipinski definition) is 3. The van der Waals surface area contributed by atoms with Crippen molar-refractivity contribution in [1.82, 2.24) is 0 Å². The lowest BCUT2D eigenvalue weighted by Gasteiger charge is -2.16. The molecule has 0 aliphatic carbocycles. The molecule has 0 fully saturated rings. The van der Waals surface area contributed by atoms with Gasteiger partial charge in [0.25, 0.3) is 0 Å². The third-order valence-corrected chi connectivity index (χ3v) is 4.44. The van der Waals surface area contributed by atoms with Gasteiger partial charge in [-0.25, -0.2) is 0 Å². The summed E-state index contributed by atoms with van der Waals surface area (Å²) in [4.78, 5) is 9.68. The zero-order valence-corrected chi connectivity index (χ0v) is 14.7. The van der Waals surface area contributed by atoms with Crippen LogP contribution in [0.4, 0.5) is 0 Å². The number of hydrogen-bond donors (Lipinski definition) is 1. The minimum atomic E-state index is -1.66. The van der Waals surface area contributed by atoms with Crippen LogP contribution in [0.2, 0.25) is 0 Å². The molecule has 122 valence electrons. The molecule has 0 saturated heterocycles. The number of unbranched alkanes of at least 4 members (excludes halogenated alkanes) is 6. The maximum Gasteiger partial charge on any atom is 0.329 e. The molecule has 0 rings (SSSR count). The first kappa shape index (κ1) is 20.3. The Morgan fingerprint density at radius 2 is 1.50 bits per heavy atom. The molecule has 2 unspecified atom stereocenters. The molecule has 0 aliphatic rings. The molecule has 20 heavy (non-hydrogen) atoms. The third-order valence-electron chi connectivity index (χ3n) is 3.66. The monoisotopic (exact) mass is 306 g/mol. The van der Waals surface area contributed by atoms with Crippen LogP contribution in [-0.4, -0.2) is 18.1 Å². The Balaban J connectivity index is 3.40. The second-order valence-electron chi connectivity index (χ2n) is 5.55. The van der Waals surface area contributed by atoms with Crippen molar-refractivity contribution in [3.63, 3.8) is 0 Å². The van der Waals surface area contributed by atoms with Gasteiger partial charge in [-0.1, -0.05) is 72.1 Å². The molecule has 0 saturated carbocycles. The number of rotatable bonds is 15. The Bertz CT molecular complexity index is 191. The van der Waals surface area contributed by atoms with Gasteiger partial charge in [-0.05, 0) is 18.8 Å². The average molecular weight is 306 g/mol. The van der Waals surface area contributed by atoms with Crippen LogP contribution in [0.25, 0.3) is 0 Å². The van der Waals surface area contributed by atoms with Gasteiger partial charge < -0.3 is 13.9 Å². The second kappa shape index (κ2) is 15.7. The van der Waals surface area contributed by atoms with Gasteiger partial charge in [-0.2, -0.15) is 0 Å².